The molecule has 0 aromatic carbocycles. The molecule has 0 spiro atoms. The van der Waals surface area contributed by atoms with Crippen LogP contribution in [0.5, 0.6) is 0 Å². The van der Waals surface area contributed by atoms with E-state index in [4.69, 9.17) is 9.52 Å². The number of aliphatic hydroxyl groups excluding tert-OH is 1. The van der Waals surface area contributed by atoms with Gasteiger partial charge >= 0.3 is 0 Å². The van der Waals surface area contributed by atoms with Crippen molar-refractivity contribution in [3.8, 4) is 0 Å². The molecule has 2 heterocycles. The summed E-state index contributed by atoms with van der Waals surface area (Å²) in [4.78, 5) is 4.43. The van der Waals surface area contributed by atoms with Crippen molar-refractivity contribution in [2.24, 2.45) is 0 Å². The van der Waals surface area contributed by atoms with Crippen molar-refractivity contribution < 1.29 is 9.52 Å². The molecule has 0 saturated heterocycles. The smallest absolute Gasteiger partial charge is 0.150 e. The molecule has 0 aliphatic heterocycles. The minimum atomic E-state index is -0.0712. The van der Waals surface area contributed by atoms with Gasteiger partial charge in [-0.05, 0) is 12.1 Å². The van der Waals surface area contributed by atoms with Gasteiger partial charge in [-0.15, -0.1) is 0 Å². The van der Waals surface area contributed by atoms with Crippen LogP contribution < -0.4 is 0 Å². The van der Waals surface area contributed by atoms with Gasteiger partial charge < -0.3 is 9.52 Å². The second-order valence-electron chi connectivity index (χ2n) is 3.84. The standard InChI is InChI=1S/C12H17N3O2/c1-3-11-13-12(4-2)15(14-11)7-9-5-6-10(8-16)17-9/h5-6,16H,3-4,7-8H2,1-2H3. The molecule has 0 amide bonds. The fraction of sp³-hybridized carbons (Fsp3) is 0.500. The number of hydrogen-bond donors (Lipinski definition) is 1. The van der Waals surface area contributed by atoms with Gasteiger partial charge in [0.1, 0.15) is 30.5 Å². The van der Waals surface area contributed by atoms with Crippen molar-refractivity contribution in [2.45, 2.75) is 39.8 Å². The Hall–Kier alpha value is -1.62. The van der Waals surface area contributed by atoms with Crippen molar-refractivity contribution in [2.75, 3.05) is 0 Å². The summed E-state index contributed by atoms with van der Waals surface area (Å²) >= 11 is 0. The summed E-state index contributed by atoms with van der Waals surface area (Å²) in [5, 5.41) is 13.3. The molecule has 0 aliphatic carbocycles. The summed E-state index contributed by atoms with van der Waals surface area (Å²) in [5.41, 5.74) is 0. The predicted octanol–water partition coefficient (Wildman–Crippen LogP) is 1.54. The minimum Gasteiger partial charge on any atom is -0.462 e. The van der Waals surface area contributed by atoms with E-state index in [-0.39, 0.29) is 6.61 Å². The normalized spacial score (nSPS) is 11.0. The predicted molar refractivity (Wildman–Crippen MR) is 62.5 cm³/mol. The fourth-order valence-electron chi connectivity index (χ4n) is 1.70. The SMILES string of the molecule is CCc1nc(CC)n(Cc2ccc(CO)o2)n1. The van der Waals surface area contributed by atoms with E-state index in [1.54, 1.807) is 6.07 Å². The van der Waals surface area contributed by atoms with Crippen molar-refractivity contribution in [1.82, 2.24) is 14.8 Å². The number of furan rings is 1. The zero-order valence-electron chi connectivity index (χ0n) is 10.2. The third-order valence-corrected chi connectivity index (χ3v) is 2.60. The third kappa shape index (κ3) is 2.55. The number of hydrogen-bond acceptors (Lipinski definition) is 4. The molecule has 0 bridgehead atoms. The summed E-state index contributed by atoms with van der Waals surface area (Å²) in [6.07, 6.45) is 1.68. The number of aliphatic hydroxyl groups is 1. The van der Waals surface area contributed by atoms with Crippen LogP contribution in [0.3, 0.4) is 0 Å². The second-order valence-corrected chi connectivity index (χ2v) is 3.84. The summed E-state index contributed by atoms with van der Waals surface area (Å²) < 4.78 is 7.30. The average Bonchev–Trinajstić information content (AvgIpc) is 2.95. The van der Waals surface area contributed by atoms with Crippen molar-refractivity contribution in [3.05, 3.63) is 35.3 Å². The molecular weight excluding hydrogens is 218 g/mol. The lowest BCUT2D eigenvalue weighted by atomic mass is 10.4. The Kier molecular flexibility index (Phi) is 3.58. The molecule has 2 rings (SSSR count). The van der Waals surface area contributed by atoms with Crippen molar-refractivity contribution >= 4 is 0 Å². The molecule has 2 aromatic rings. The van der Waals surface area contributed by atoms with Gasteiger partial charge in [-0.2, -0.15) is 5.10 Å². The first-order valence-corrected chi connectivity index (χ1v) is 5.87. The molecule has 92 valence electrons. The van der Waals surface area contributed by atoms with E-state index in [1.807, 2.05) is 17.7 Å². The molecule has 0 radical (unpaired) electrons. The lowest BCUT2D eigenvalue weighted by Crippen LogP contribution is -2.05. The zero-order chi connectivity index (χ0) is 12.3. The number of aromatic nitrogens is 3. The van der Waals surface area contributed by atoms with Crippen LogP contribution in [0.2, 0.25) is 0 Å². The number of nitrogens with zero attached hydrogens (tertiary/aromatic N) is 3. The molecule has 2 aromatic heterocycles. The monoisotopic (exact) mass is 235 g/mol. The highest BCUT2D eigenvalue weighted by Crippen LogP contribution is 2.11. The highest BCUT2D eigenvalue weighted by Gasteiger charge is 2.09. The molecule has 17 heavy (non-hydrogen) atoms. The van der Waals surface area contributed by atoms with E-state index in [0.29, 0.717) is 12.3 Å². The second kappa shape index (κ2) is 5.14. The van der Waals surface area contributed by atoms with Crippen LogP contribution in [0.15, 0.2) is 16.5 Å². The Balaban J connectivity index is 2.19. The maximum atomic E-state index is 8.93. The van der Waals surface area contributed by atoms with E-state index in [2.05, 4.69) is 17.0 Å². The topological polar surface area (TPSA) is 64.1 Å². The minimum absolute atomic E-state index is 0.0712. The highest BCUT2D eigenvalue weighted by molar-refractivity contribution is 5.07. The van der Waals surface area contributed by atoms with E-state index in [0.717, 1.165) is 30.3 Å². The summed E-state index contributed by atoms with van der Waals surface area (Å²) in [7, 11) is 0. The van der Waals surface area contributed by atoms with Gasteiger partial charge in [-0.25, -0.2) is 9.67 Å². The number of rotatable bonds is 5. The molecule has 5 heteroatoms. The molecule has 0 fully saturated rings. The van der Waals surface area contributed by atoms with Crippen LogP contribution in [0.4, 0.5) is 0 Å². The van der Waals surface area contributed by atoms with Gasteiger partial charge in [0.15, 0.2) is 5.82 Å². The highest BCUT2D eigenvalue weighted by atomic mass is 16.4. The van der Waals surface area contributed by atoms with Crippen LogP contribution in [0.25, 0.3) is 0 Å². The van der Waals surface area contributed by atoms with Crippen molar-refractivity contribution in [3.63, 3.8) is 0 Å². The molecule has 1 N–H and O–H groups in total. The quantitative estimate of drug-likeness (QED) is 0.853. The van der Waals surface area contributed by atoms with Crippen LogP contribution in [-0.2, 0) is 26.0 Å². The fourth-order valence-corrected chi connectivity index (χ4v) is 1.70. The van der Waals surface area contributed by atoms with Gasteiger partial charge in [0.25, 0.3) is 0 Å². The van der Waals surface area contributed by atoms with Gasteiger partial charge in [-0.3, -0.25) is 0 Å². The summed E-state index contributed by atoms with van der Waals surface area (Å²) in [5.74, 6) is 3.18. The van der Waals surface area contributed by atoms with E-state index in [9.17, 15) is 0 Å². The average molecular weight is 235 g/mol. The Labute approximate surface area is 100 Å². The van der Waals surface area contributed by atoms with Gasteiger partial charge in [-0.1, -0.05) is 13.8 Å². The largest absolute Gasteiger partial charge is 0.462 e. The first-order chi connectivity index (χ1) is 8.26. The number of aryl methyl sites for hydroxylation is 2. The van der Waals surface area contributed by atoms with Gasteiger partial charge in [0.2, 0.25) is 0 Å². The maximum Gasteiger partial charge on any atom is 0.150 e. The Morgan fingerprint density at radius 2 is 2.00 bits per heavy atom. The van der Waals surface area contributed by atoms with E-state index < -0.39 is 0 Å². The maximum absolute atomic E-state index is 8.93. The Bertz CT molecular complexity index is 488. The summed E-state index contributed by atoms with van der Waals surface area (Å²) in [6, 6.07) is 3.64. The molecular formula is C12H17N3O2. The van der Waals surface area contributed by atoms with Crippen LogP contribution in [0, 0.1) is 0 Å². The van der Waals surface area contributed by atoms with Crippen LogP contribution in [0.1, 0.15) is 37.0 Å². The molecule has 5 nitrogen and oxygen atoms in total. The summed E-state index contributed by atoms with van der Waals surface area (Å²) in [6.45, 7) is 4.59. The van der Waals surface area contributed by atoms with Crippen molar-refractivity contribution in [1.29, 1.82) is 0 Å². The molecule has 0 aliphatic rings. The zero-order valence-corrected chi connectivity index (χ0v) is 10.2. The molecule has 0 saturated carbocycles. The first kappa shape index (κ1) is 11.9. The van der Waals surface area contributed by atoms with Crippen LogP contribution >= 0.6 is 0 Å². The van der Waals surface area contributed by atoms with Crippen LogP contribution in [-0.4, -0.2) is 19.9 Å². The lowest BCUT2D eigenvalue weighted by Gasteiger charge is -2.01. The first-order valence-electron chi connectivity index (χ1n) is 5.87. The lowest BCUT2D eigenvalue weighted by molar-refractivity contribution is 0.242. The Morgan fingerprint density at radius 1 is 1.24 bits per heavy atom. The molecule has 0 atom stereocenters. The van der Waals surface area contributed by atoms with E-state index >= 15 is 0 Å². The van der Waals surface area contributed by atoms with Gasteiger partial charge in [0.05, 0.1) is 0 Å². The Morgan fingerprint density at radius 3 is 2.59 bits per heavy atom. The van der Waals surface area contributed by atoms with E-state index in [1.165, 1.54) is 0 Å². The third-order valence-electron chi connectivity index (χ3n) is 2.60. The molecule has 0 unspecified atom stereocenters. The van der Waals surface area contributed by atoms with Gasteiger partial charge in [0, 0.05) is 12.8 Å².